The second kappa shape index (κ2) is 4.70. The van der Waals surface area contributed by atoms with Gasteiger partial charge in [0.05, 0.1) is 5.02 Å². The number of piperidine rings is 1. The zero-order chi connectivity index (χ0) is 11.5. The van der Waals surface area contributed by atoms with Crippen LogP contribution < -0.4 is 4.90 Å². The second-order valence-corrected chi connectivity index (χ2v) is 4.31. The van der Waals surface area contributed by atoms with Crippen LogP contribution in [0.2, 0.25) is 5.02 Å². The fourth-order valence-corrected chi connectivity index (χ4v) is 2.11. The minimum Gasteiger partial charge on any atom is -0.478 e. The molecule has 1 aromatic rings. The number of aromatic nitrogens is 1. The third kappa shape index (κ3) is 2.27. The van der Waals surface area contributed by atoms with E-state index < -0.39 is 5.97 Å². The molecule has 0 spiro atoms. The Hall–Kier alpha value is -1.29. The summed E-state index contributed by atoms with van der Waals surface area (Å²) in [5.74, 6) is -0.438. The molecule has 86 valence electrons. The summed E-state index contributed by atoms with van der Waals surface area (Å²) in [5.41, 5.74) is 0.189. The third-order valence-corrected chi connectivity index (χ3v) is 2.93. The van der Waals surface area contributed by atoms with Gasteiger partial charge in [-0.2, -0.15) is 0 Å². The van der Waals surface area contributed by atoms with Crippen LogP contribution in [0, 0.1) is 0 Å². The van der Waals surface area contributed by atoms with Gasteiger partial charge in [-0.25, -0.2) is 9.78 Å². The number of rotatable bonds is 2. The molecule has 0 bridgehead atoms. The summed E-state index contributed by atoms with van der Waals surface area (Å²) in [6, 6.07) is 1.46. The van der Waals surface area contributed by atoms with Crippen molar-refractivity contribution < 1.29 is 9.90 Å². The number of pyridine rings is 1. The van der Waals surface area contributed by atoms with Gasteiger partial charge in [-0.1, -0.05) is 11.6 Å². The maximum absolute atomic E-state index is 11.1. The number of hydrogen-bond acceptors (Lipinski definition) is 3. The Morgan fingerprint density at radius 2 is 2.06 bits per heavy atom. The monoisotopic (exact) mass is 240 g/mol. The highest BCUT2D eigenvalue weighted by molar-refractivity contribution is 6.30. The van der Waals surface area contributed by atoms with Crippen molar-refractivity contribution in [1.29, 1.82) is 0 Å². The molecule has 0 saturated carbocycles. The molecule has 1 fully saturated rings. The van der Waals surface area contributed by atoms with E-state index in [2.05, 4.69) is 4.98 Å². The van der Waals surface area contributed by atoms with Gasteiger partial charge in [0, 0.05) is 19.3 Å². The molecule has 1 saturated heterocycles. The molecular weight excluding hydrogens is 228 g/mol. The zero-order valence-corrected chi connectivity index (χ0v) is 9.57. The van der Waals surface area contributed by atoms with E-state index in [9.17, 15) is 4.79 Å². The lowest BCUT2D eigenvalue weighted by Gasteiger charge is -2.28. The summed E-state index contributed by atoms with van der Waals surface area (Å²) >= 11 is 5.76. The molecule has 2 rings (SSSR count). The van der Waals surface area contributed by atoms with Crippen LogP contribution in [0.4, 0.5) is 5.82 Å². The minimum atomic E-state index is -0.976. The van der Waals surface area contributed by atoms with Crippen LogP contribution in [0.15, 0.2) is 12.3 Å². The normalized spacial score (nSPS) is 16.2. The molecule has 0 unspecified atom stereocenters. The van der Waals surface area contributed by atoms with Gasteiger partial charge >= 0.3 is 5.97 Å². The highest BCUT2D eigenvalue weighted by atomic mass is 35.5. The number of carbonyl (C=O) groups is 1. The molecule has 1 aromatic heterocycles. The van der Waals surface area contributed by atoms with Gasteiger partial charge in [-0.05, 0) is 25.3 Å². The molecule has 0 amide bonds. The minimum absolute atomic E-state index is 0.189. The van der Waals surface area contributed by atoms with E-state index in [1.807, 2.05) is 4.90 Å². The van der Waals surface area contributed by atoms with Crippen molar-refractivity contribution in [2.24, 2.45) is 0 Å². The highest BCUT2D eigenvalue weighted by Crippen LogP contribution is 2.24. The average Bonchev–Trinajstić information content (AvgIpc) is 2.30. The molecule has 0 atom stereocenters. The lowest BCUT2D eigenvalue weighted by atomic mass is 10.1. The summed E-state index contributed by atoms with van der Waals surface area (Å²) in [4.78, 5) is 17.2. The van der Waals surface area contributed by atoms with E-state index in [0.29, 0.717) is 10.8 Å². The summed E-state index contributed by atoms with van der Waals surface area (Å²) in [6.45, 7) is 1.74. The van der Waals surface area contributed by atoms with Crippen LogP contribution in [0.3, 0.4) is 0 Å². The fraction of sp³-hybridized carbons (Fsp3) is 0.455. The molecule has 1 aliphatic rings. The van der Waals surface area contributed by atoms with Crippen molar-refractivity contribution in [2.45, 2.75) is 19.3 Å². The molecule has 1 N–H and O–H groups in total. The molecule has 4 nitrogen and oxygen atoms in total. The van der Waals surface area contributed by atoms with Crippen molar-refractivity contribution in [2.75, 3.05) is 18.0 Å². The number of carboxylic acids is 1. The van der Waals surface area contributed by atoms with E-state index in [4.69, 9.17) is 16.7 Å². The Morgan fingerprint density at radius 3 is 2.69 bits per heavy atom. The predicted octanol–water partition coefficient (Wildman–Crippen LogP) is 2.42. The number of carboxylic acid groups (broad SMARTS) is 1. The second-order valence-electron chi connectivity index (χ2n) is 3.88. The first-order valence-electron chi connectivity index (χ1n) is 5.32. The van der Waals surface area contributed by atoms with E-state index in [1.165, 1.54) is 18.7 Å². The maximum Gasteiger partial charge on any atom is 0.339 e. The summed E-state index contributed by atoms with van der Waals surface area (Å²) in [7, 11) is 0. The number of nitrogens with zero attached hydrogens (tertiary/aromatic N) is 2. The standard InChI is InChI=1S/C11H13ClN2O2/c12-8-6-9(11(15)16)10(13-7-8)14-4-2-1-3-5-14/h6-7H,1-5H2,(H,15,16). The van der Waals surface area contributed by atoms with Gasteiger partial charge in [-0.3, -0.25) is 0 Å². The molecule has 5 heteroatoms. The smallest absolute Gasteiger partial charge is 0.339 e. The molecule has 1 aliphatic heterocycles. The van der Waals surface area contributed by atoms with Gasteiger partial charge in [0.1, 0.15) is 11.4 Å². The quantitative estimate of drug-likeness (QED) is 0.863. The van der Waals surface area contributed by atoms with Crippen molar-refractivity contribution in [3.8, 4) is 0 Å². The van der Waals surface area contributed by atoms with E-state index in [-0.39, 0.29) is 5.56 Å². The molecule has 2 heterocycles. The lowest BCUT2D eigenvalue weighted by Crippen LogP contribution is -2.31. The Balaban J connectivity index is 2.34. The SMILES string of the molecule is O=C(O)c1cc(Cl)cnc1N1CCCCC1. The van der Waals surface area contributed by atoms with Crippen molar-refractivity contribution in [1.82, 2.24) is 4.98 Å². The summed E-state index contributed by atoms with van der Waals surface area (Å²) in [6.07, 6.45) is 4.87. The van der Waals surface area contributed by atoms with E-state index >= 15 is 0 Å². The summed E-state index contributed by atoms with van der Waals surface area (Å²) < 4.78 is 0. The molecule has 0 aliphatic carbocycles. The Kier molecular flexibility index (Phi) is 3.29. The van der Waals surface area contributed by atoms with Gasteiger partial charge in [0.2, 0.25) is 0 Å². The highest BCUT2D eigenvalue weighted by Gasteiger charge is 2.19. The van der Waals surface area contributed by atoms with Crippen LogP contribution in [0.25, 0.3) is 0 Å². The number of anilines is 1. The van der Waals surface area contributed by atoms with Crippen LogP contribution in [-0.2, 0) is 0 Å². The average molecular weight is 241 g/mol. The largest absolute Gasteiger partial charge is 0.478 e. The van der Waals surface area contributed by atoms with Crippen molar-refractivity contribution >= 4 is 23.4 Å². The Labute approximate surface area is 98.9 Å². The predicted molar refractivity (Wildman–Crippen MR) is 62.3 cm³/mol. The summed E-state index contributed by atoms with van der Waals surface area (Å²) in [5, 5.41) is 9.45. The van der Waals surface area contributed by atoms with Crippen molar-refractivity contribution in [3.63, 3.8) is 0 Å². The Bertz CT molecular complexity index is 403. The maximum atomic E-state index is 11.1. The van der Waals surface area contributed by atoms with Crippen LogP contribution >= 0.6 is 11.6 Å². The third-order valence-electron chi connectivity index (χ3n) is 2.72. The van der Waals surface area contributed by atoms with Crippen LogP contribution in [0.5, 0.6) is 0 Å². The fourth-order valence-electron chi connectivity index (χ4n) is 1.95. The number of hydrogen-bond donors (Lipinski definition) is 1. The van der Waals surface area contributed by atoms with Gasteiger partial charge in [0.25, 0.3) is 0 Å². The molecule has 16 heavy (non-hydrogen) atoms. The van der Waals surface area contributed by atoms with Crippen LogP contribution in [0.1, 0.15) is 29.6 Å². The lowest BCUT2D eigenvalue weighted by molar-refractivity contribution is 0.0697. The van der Waals surface area contributed by atoms with Crippen molar-refractivity contribution in [3.05, 3.63) is 22.8 Å². The number of halogens is 1. The van der Waals surface area contributed by atoms with Crippen LogP contribution in [-0.4, -0.2) is 29.1 Å². The first-order chi connectivity index (χ1) is 7.68. The number of aromatic carboxylic acids is 1. The van der Waals surface area contributed by atoms with E-state index in [0.717, 1.165) is 25.9 Å². The zero-order valence-electron chi connectivity index (χ0n) is 8.82. The van der Waals surface area contributed by atoms with E-state index in [1.54, 1.807) is 0 Å². The Morgan fingerprint density at radius 1 is 1.38 bits per heavy atom. The topological polar surface area (TPSA) is 53.4 Å². The molecule has 0 radical (unpaired) electrons. The first-order valence-corrected chi connectivity index (χ1v) is 5.70. The van der Waals surface area contributed by atoms with Gasteiger partial charge in [0.15, 0.2) is 0 Å². The van der Waals surface area contributed by atoms with Gasteiger partial charge < -0.3 is 10.0 Å². The molecule has 0 aromatic carbocycles. The first kappa shape index (κ1) is 11.2. The molecular formula is C11H13ClN2O2. The van der Waals surface area contributed by atoms with Gasteiger partial charge in [-0.15, -0.1) is 0 Å².